The number of carbonyl (C=O) groups is 4. The van der Waals surface area contributed by atoms with E-state index in [1.165, 1.54) is 26.6 Å². The van der Waals surface area contributed by atoms with E-state index in [1.807, 2.05) is 27.7 Å². The first-order valence-electron chi connectivity index (χ1n) is 15.7. The molecule has 12 unspecified atom stereocenters. The van der Waals surface area contributed by atoms with Gasteiger partial charge in [-0.3, -0.25) is 14.4 Å². The monoisotopic (exact) mass is 630 g/mol. The highest BCUT2D eigenvalue weighted by atomic mass is 16.6. The summed E-state index contributed by atoms with van der Waals surface area (Å²) >= 11 is 0. The maximum absolute atomic E-state index is 13.4. The number of aliphatic hydroxyl groups is 2. The average molecular weight is 631 g/mol. The van der Waals surface area contributed by atoms with E-state index in [4.69, 9.17) is 23.4 Å². The van der Waals surface area contributed by atoms with Crippen molar-refractivity contribution in [2.45, 2.75) is 104 Å². The summed E-state index contributed by atoms with van der Waals surface area (Å²) in [7, 11) is 1.20. The number of epoxide rings is 1. The zero-order chi connectivity index (χ0) is 33.2. The number of ether oxygens (including phenoxy) is 4. The third-order valence-electron chi connectivity index (χ3n) is 11.9. The molecule has 2 saturated carbocycles. The molecule has 1 aromatic rings. The predicted octanol–water partition coefficient (Wildman–Crippen LogP) is 3.71. The van der Waals surface area contributed by atoms with Gasteiger partial charge >= 0.3 is 17.9 Å². The molecule has 0 aromatic carbocycles. The molecule has 4 fully saturated rings. The largest absolute Gasteiger partial charge is 0.472 e. The van der Waals surface area contributed by atoms with Gasteiger partial charge in [-0.2, -0.15) is 0 Å². The standard InChI is InChI=1S/C34H46O11/c1-9-16(2)22(36)12-21-27(38)30-34(45-30)20(17(3)26(32(21,5)6)28(39)31(40)41-8)13-24(43-18(4)35)33(7)23(34)14-25(37)44-29(33)19-10-11-42-15-19/h9-11,15,17,20-21,23-24,26-30,38-39H,12-14H2,1-8H3. The Balaban J connectivity index is 1.70. The Labute approximate surface area is 263 Å². The van der Waals surface area contributed by atoms with E-state index >= 15 is 0 Å². The van der Waals surface area contributed by atoms with Gasteiger partial charge in [-0.05, 0) is 49.2 Å². The molecule has 2 aliphatic carbocycles. The number of Topliss-reactive ketones (excluding diaryl/α,β-unsaturated/α-hetero) is 1. The summed E-state index contributed by atoms with van der Waals surface area (Å²) in [4.78, 5) is 52.3. The molecule has 12 atom stereocenters. The molecular weight excluding hydrogens is 584 g/mol. The summed E-state index contributed by atoms with van der Waals surface area (Å²) in [6, 6.07) is 1.71. The van der Waals surface area contributed by atoms with Gasteiger partial charge in [0.2, 0.25) is 0 Å². The molecule has 3 heterocycles. The van der Waals surface area contributed by atoms with Crippen LogP contribution >= 0.6 is 0 Å². The van der Waals surface area contributed by atoms with Gasteiger partial charge in [-0.25, -0.2) is 4.79 Å². The van der Waals surface area contributed by atoms with Crippen LogP contribution in [0, 0.1) is 40.4 Å². The number of esters is 3. The third-order valence-corrected chi connectivity index (χ3v) is 11.9. The summed E-state index contributed by atoms with van der Waals surface area (Å²) in [5.74, 6) is -5.03. The fraction of sp³-hybridized carbons (Fsp3) is 0.706. The van der Waals surface area contributed by atoms with Gasteiger partial charge in [0.15, 0.2) is 11.9 Å². The minimum Gasteiger partial charge on any atom is -0.472 e. The molecule has 11 nitrogen and oxygen atoms in total. The SMILES string of the molecule is CC=C(C)C(=O)CC1C(O)C2OC23C(CC(OC(C)=O)C2(C)C(c4ccoc4)OC(=O)CC23)C(C)C(C(O)C(=O)OC)C1(C)C. The van der Waals surface area contributed by atoms with Crippen LogP contribution in [0.25, 0.3) is 0 Å². The highest BCUT2D eigenvalue weighted by Crippen LogP contribution is 2.72. The number of hydrogen-bond acceptors (Lipinski definition) is 11. The van der Waals surface area contributed by atoms with Crippen molar-refractivity contribution in [3.05, 3.63) is 35.8 Å². The molecule has 2 saturated heterocycles. The first-order valence-corrected chi connectivity index (χ1v) is 15.7. The van der Waals surface area contributed by atoms with Gasteiger partial charge in [0.25, 0.3) is 0 Å². The Bertz CT molecular complexity index is 1360. The summed E-state index contributed by atoms with van der Waals surface area (Å²) in [6.45, 7) is 12.3. The number of cyclic esters (lactones) is 1. The van der Waals surface area contributed by atoms with Gasteiger partial charge in [0.05, 0.1) is 37.6 Å². The van der Waals surface area contributed by atoms with Crippen LogP contribution in [0.3, 0.4) is 0 Å². The van der Waals surface area contributed by atoms with E-state index in [0.29, 0.717) is 11.1 Å². The summed E-state index contributed by atoms with van der Waals surface area (Å²) < 4.78 is 29.0. The fourth-order valence-electron chi connectivity index (χ4n) is 9.49. The summed E-state index contributed by atoms with van der Waals surface area (Å²) in [5, 5.41) is 23.8. The molecule has 4 aliphatic rings. The average Bonchev–Trinajstić information content (AvgIpc) is 3.46. The second kappa shape index (κ2) is 11.7. The van der Waals surface area contributed by atoms with Crippen LogP contribution < -0.4 is 0 Å². The molecule has 11 heteroatoms. The number of hydrogen-bond donors (Lipinski definition) is 2. The van der Waals surface area contributed by atoms with E-state index in [0.717, 1.165) is 0 Å². The zero-order valence-corrected chi connectivity index (χ0v) is 27.3. The van der Waals surface area contributed by atoms with Crippen molar-refractivity contribution in [2.24, 2.45) is 40.4 Å². The quantitative estimate of drug-likeness (QED) is 0.196. The molecule has 2 N–H and O–H groups in total. The van der Waals surface area contributed by atoms with E-state index in [-0.39, 0.29) is 25.0 Å². The Morgan fingerprint density at radius 1 is 1.20 bits per heavy atom. The van der Waals surface area contributed by atoms with Crippen molar-refractivity contribution in [3.8, 4) is 0 Å². The Hall–Kier alpha value is -3.02. The molecule has 0 amide bonds. The number of ketones is 1. The molecule has 2 aliphatic heterocycles. The summed E-state index contributed by atoms with van der Waals surface area (Å²) in [6.07, 6.45) is -0.285. The van der Waals surface area contributed by atoms with Gasteiger partial charge in [0, 0.05) is 36.7 Å². The minimum atomic E-state index is -1.59. The lowest BCUT2D eigenvalue weighted by atomic mass is 9.45. The number of allylic oxidation sites excluding steroid dienone is 2. The van der Waals surface area contributed by atoms with Crippen LogP contribution in [0.5, 0.6) is 0 Å². The smallest absolute Gasteiger partial charge is 0.335 e. The highest BCUT2D eigenvalue weighted by molar-refractivity contribution is 5.94. The normalized spacial score (nSPS) is 41.2. The van der Waals surface area contributed by atoms with Crippen molar-refractivity contribution in [1.82, 2.24) is 0 Å². The predicted molar refractivity (Wildman–Crippen MR) is 158 cm³/mol. The van der Waals surface area contributed by atoms with Crippen LogP contribution in [-0.2, 0) is 38.1 Å². The van der Waals surface area contributed by atoms with Gasteiger partial charge in [-0.1, -0.05) is 33.8 Å². The third kappa shape index (κ3) is 5.06. The van der Waals surface area contributed by atoms with Crippen LogP contribution in [-0.4, -0.2) is 71.0 Å². The number of methoxy groups -OCH3 is 1. The fourth-order valence-corrected chi connectivity index (χ4v) is 9.49. The molecule has 5 rings (SSSR count). The molecule has 248 valence electrons. The first-order chi connectivity index (χ1) is 21.1. The number of furan rings is 1. The molecule has 1 spiro atoms. The van der Waals surface area contributed by atoms with Crippen LogP contribution in [0.15, 0.2) is 34.7 Å². The van der Waals surface area contributed by atoms with E-state index in [9.17, 15) is 29.4 Å². The van der Waals surface area contributed by atoms with Gasteiger partial charge < -0.3 is 33.6 Å². The second-order valence-electron chi connectivity index (χ2n) is 14.3. The van der Waals surface area contributed by atoms with Gasteiger partial charge in [0.1, 0.15) is 23.9 Å². The number of carbonyl (C=O) groups excluding carboxylic acids is 4. The lowest BCUT2D eigenvalue weighted by Crippen LogP contribution is -2.66. The maximum atomic E-state index is 13.4. The Morgan fingerprint density at radius 3 is 2.47 bits per heavy atom. The van der Waals surface area contributed by atoms with Crippen molar-refractivity contribution in [3.63, 3.8) is 0 Å². The van der Waals surface area contributed by atoms with Crippen molar-refractivity contribution < 1.29 is 52.8 Å². The number of rotatable bonds is 7. The molecule has 45 heavy (non-hydrogen) atoms. The lowest BCUT2D eigenvalue weighted by Gasteiger charge is -2.60. The molecule has 0 radical (unpaired) electrons. The minimum absolute atomic E-state index is 0.0419. The van der Waals surface area contributed by atoms with Crippen LogP contribution in [0.2, 0.25) is 0 Å². The van der Waals surface area contributed by atoms with Crippen LogP contribution in [0.4, 0.5) is 0 Å². The van der Waals surface area contributed by atoms with E-state index in [1.54, 1.807) is 26.0 Å². The molecule has 0 bridgehead atoms. The van der Waals surface area contributed by atoms with E-state index in [2.05, 4.69) is 0 Å². The number of aliphatic hydroxyl groups excluding tert-OH is 2. The van der Waals surface area contributed by atoms with Crippen LogP contribution in [0.1, 0.15) is 79.4 Å². The van der Waals surface area contributed by atoms with Gasteiger partial charge in [-0.15, -0.1) is 0 Å². The topological polar surface area (TPSA) is 162 Å². The lowest BCUT2D eigenvalue weighted by molar-refractivity contribution is -0.232. The number of fused-ring (bicyclic) bond motifs is 1. The van der Waals surface area contributed by atoms with Crippen molar-refractivity contribution >= 4 is 23.7 Å². The molecular formula is C34H46O11. The van der Waals surface area contributed by atoms with Crippen molar-refractivity contribution in [1.29, 1.82) is 0 Å². The maximum Gasteiger partial charge on any atom is 0.335 e. The highest BCUT2D eigenvalue weighted by Gasteiger charge is 2.80. The first kappa shape index (κ1) is 33.3. The summed E-state index contributed by atoms with van der Waals surface area (Å²) in [5.41, 5.74) is -1.93. The van der Waals surface area contributed by atoms with E-state index < -0.39 is 94.4 Å². The Kier molecular flexibility index (Phi) is 8.63. The van der Waals surface area contributed by atoms with Crippen molar-refractivity contribution in [2.75, 3.05) is 7.11 Å². The second-order valence-corrected chi connectivity index (χ2v) is 14.3. The zero-order valence-electron chi connectivity index (χ0n) is 27.3. The molecule has 1 aromatic heterocycles. The Morgan fingerprint density at radius 2 is 1.89 bits per heavy atom.